The number of nitrogens with zero attached hydrogens (tertiary/aromatic N) is 4. The number of benzene rings is 1. The number of hydrogen-bond acceptors (Lipinski definition) is 5. The van der Waals surface area contributed by atoms with Crippen LogP contribution in [-0.4, -0.2) is 49.4 Å². The van der Waals surface area contributed by atoms with Crippen molar-refractivity contribution in [2.45, 2.75) is 6.92 Å². The van der Waals surface area contributed by atoms with Crippen LogP contribution in [0.5, 0.6) is 0 Å². The molecular formula is C17H21N5O2. The van der Waals surface area contributed by atoms with Crippen LogP contribution in [0.3, 0.4) is 0 Å². The predicted molar refractivity (Wildman–Crippen MR) is 93.7 cm³/mol. The van der Waals surface area contributed by atoms with Crippen LogP contribution in [-0.2, 0) is 4.74 Å². The van der Waals surface area contributed by atoms with E-state index in [1.54, 1.807) is 7.05 Å². The van der Waals surface area contributed by atoms with Gasteiger partial charge in [0.2, 0.25) is 0 Å². The molecule has 1 aromatic heterocycles. The number of ether oxygens (including phenoxy) is 1. The summed E-state index contributed by atoms with van der Waals surface area (Å²) < 4.78 is 5.36. The van der Waals surface area contributed by atoms with Crippen LogP contribution < -0.4 is 15.1 Å². The van der Waals surface area contributed by atoms with Crippen molar-refractivity contribution in [3.63, 3.8) is 0 Å². The maximum atomic E-state index is 12.5. The average molecular weight is 327 g/mol. The van der Waals surface area contributed by atoms with Gasteiger partial charge in [-0.05, 0) is 18.6 Å². The second-order valence-electron chi connectivity index (χ2n) is 5.64. The number of hydrogen-bond donors (Lipinski definition) is 1. The fraction of sp³-hybridized carbons (Fsp3) is 0.353. The van der Waals surface area contributed by atoms with Gasteiger partial charge in [-0.2, -0.15) is 0 Å². The van der Waals surface area contributed by atoms with E-state index in [1.807, 2.05) is 37.3 Å². The van der Waals surface area contributed by atoms with Crippen LogP contribution in [0.1, 0.15) is 5.56 Å². The van der Waals surface area contributed by atoms with Crippen LogP contribution in [0.4, 0.5) is 22.1 Å². The highest BCUT2D eigenvalue weighted by Gasteiger charge is 2.17. The standard InChI is InChI=1S/C17H21N5O2/c1-13-5-3-4-6-14(13)20-17(23)21(2)15-11-16(19-12-18-15)22-7-9-24-10-8-22/h3-6,11-12H,7-10H2,1-2H3,(H,20,23). The SMILES string of the molecule is Cc1ccccc1NC(=O)N(C)c1cc(N2CCOCC2)ncn1. The number of para-hydroxylation sites is 1. The van der Waals surface area contributed by atoms with E-state index in [1.165, 1.54) is 11.2 Å². The van der Waals surface area contributed by atoms with Crippen LogP contribution in [0, 0.1) is 6.92 Å². The first-order chi connectivity index (χ1) is 11.6. The largest absolute Gasteiger partial charge is 0.378 e. The number of morpholine rings is 1. The fourth-order valence-electron chi connectivity index (χ4n) is 2.50. The molecule has 7 heteroatoms. The summed E-state index contributed by atoms with van der Waals surface area (Å²) in [4.78, 5) is 24.6. The minimum absolute atomic E-state index is 0.240. The average Bonchev–Trinajstić information content (AvgIpc) is 2.64. The monoisotopic (exact) mass is 327 g/mol. The van der Waals surface area contributed by atoms with Crippen molar-refractivity contribution < 1.29 is 9.53 Å². The molecule has 2 heterocycles. The molecule has 0 atom stereocenters. The first-order valence-corrected chi connectivity index (χ1v) is 7.90. The minimum Gasteiger partial charge on any atom is -0.378 e. The van der Waals surface area contributed by atoms with Gasteiger partial charge in [0.15, 0.2) is 0 Å². The number of urea groups is 1. The molecule has 24 heavy (non-hydrogen) atoms. The van der Waals surface area contributed by atoms with Gasteiger partial charge in [-0.1, -0.05) is 18.2 Å². The molecule has 2 amide bonds. The van der Waals surface area contributed by atoms with Gasteiger partial charge in [0.25, 0.3) is 0 Å². The number of carbonyl (C=O) groups excluding carboxylic acids is 1. The highest BCUT2D eigenvalue weighted by Crippen LogP contribution is 2.19. The smallest absolute Gasteiger partial charge is 0.327 e. The van der Waals surface area contributed by atoms with Crippen LogP contribution in [0.2, 0.25) is 0 Å². The molecule has 7 nitrogen and oxygen atoms in total. The molecule has 3 rings (SSSR count). The maximum absolute atomic E-state index is 12.5. The first-order valence-electron chi connectivity index (χ1n) is 7.90. The molecule has 1 aliphatic rings. The van der Waals surface area contributed by atoms with E-state index in [4.69, 9.17) is 4.74 Å². The highest BCUT2D eigenvalue weighted by molar-refractivity contribution is 6.01. The Morgan fingerprint density at radius 2 is 2.00 bits per heavy atom. The van der Waals surface area contributed by atoms with Gasteiger partial charge >= 0.3 is 6.03 Å². The molecule has 0 aliphatic carbocycles. The molecule has 0 unspecified atom stereocenters. The quantitative estimate of drug-likeness (QED) is 0.936. The predicted octanol–water partition coefficient (Wildman–Crippen LogP) is 2.29. The van der Waals surface area contributed by atoms with Crippen molar-refractivity contribution in [2.75, 3.05) is 48.5 Å². The molecule has 1 saturated heterocycles. The number of amides is 2. The van der Waals surface area contributed by atoms with Gasteiger partial charge in [-0.15, -0.1) is 0 Å². The van der Waals surface area contributed by atoms with Gasteiger partial charge in [0.1, 0.15) is 18.0 Å². The van der Waals surface area contributed by atoms with Gasteiger partial charge in [-0.25, -0.2) is 14.8 Å². The molecule has 1 aromatic carbocycles. The fourth-order valence-corrected chi connectivity index (χ4v) is 2.50. The lowest BCUT2D eigenvalue weighted by molar-refractivity contribution is 0.122. The molecule has 0 radical (unpaired) electrons. The maximum Gasteiger partial charge on any atom is 0.327 e. The van der Waals surface area contributed by atoms with E-state index in [2.05, 4.69) is 20.2 Å². The van der Waals surface area contributed by atoms with Gasteiger partial charge in [-0.3, -0.25) is 4.90 Å². The number of rotatable bonds is 3. The summed E-state index contributed by atoms with van der Waals surface area (Å²) in [5, 5.41) is 2.90. The lowest BCUT2D eigenvalue weighted by atomic mass is 10.2. The molecule has 0 bridgehead atoms. The molecule has 126 valence electrons. The Kier molecular flexibility index (Phi) is 4.90. The van der Waals surface area contributed by atoms with E-state index in [-0.39, 0.29) is 6.03 Å². The lowest BCUT2D eigenvalue weighted by Crippen LogP contribution is -2.37. The number of aromatic nitrogens is 2. The normalized spacial score (nSPS) is 14.3. The van der Waals surface area contributed by atoms with Gasteiger partial charge in [0.05, 0.1) is 13.2 Å². The van der Waals surface area contributed by atoms with Crippen LogP contribution >= 0.6 is 0 Å². The molecule has 2 aromatic rings. The van der Waals surface area contributed by atoms with Gasteiger partial charge < -0.3 is 15.0 Å². The van der Waals surface area contributed by atoms with Crippen molar-refractivity contribution in [3.8, 4) is 0 Å². The van der Waals surface area contributed by atoms with E-state index in [9.17, 15) is 4.79 Å². The molecule has 1 fully saturated rings. The third-order valence-electron chi connectivity index (χ3n) is 4.01. The first kappa shape index (κ1) is 16.2. The molecule has 1 aliphatic heterocycles. The zero-order chi connectivity index (χ0) is 16.9. The second kappa shape index (κ2) is 7.27. The summed E-state index contributed by atoms with van der Waals surface area (Å²) in [6, 6.07) is 9.24. The van der Waals surface area contributed by atoms with Crippen LogP contribution in [0.15, 0.2) is 36.7 Å². The molecule has 0 saturated carbocycles. The van der Waals surface area contributed by atoms with E-state index >= 15 is 0 Å². The Balaban J connectivity index is 1.73. The summed E-state index contributed by atoms with van der Waals surface area (Å²) in [6.45, 7) is 4.90. The lowest BCUT2D eigenvalue weighted by Gasteiger charge is -2.28. The third kappa shape index (κ3) is 3.62. The summed E-state index contributed by atoms with van der Waals surface area (Å²) in [5.74, 6) is 1.36. The Labute approximate surface area is 141 Å². The van der Waals surface area contributed by atoms with Crippen molar-refractivity contribution in [1.82, 2.24) is 9.97 Å². The number of aryl methyl sites for hydroxylation is 1. The summed E-state index contributed by atoms with van der Waals surface area (Å²) in [7, 11) is 1.69. The topological polar surface area (TPSA) is 70.6 Å². The number of anilines is 3. The Morgan fingerprint density at radius 1 is 1.25 bits per heavy atom. The van der Waals surface area contributed by atoms with E-state index in [0.717, 1.165) is 30.2 Å². The minimum atomic E-state index is -0.240. The van der Waals surface area contributed by atoms with E-state index < -0.39 is 0 Å². The second-order valence-corrected chi connectivity index (χ2v) is 5.64. The van der Waals surface area contributed by atoms with Crippen molar-refractivity contribution in [3.05, 3.63) is 42.2 Å². The zero-order valence-electron chi connectivity index (χ0n) is 13.9. The zero-order valence-corrected chi connectivity index (χ0v) is 13.9. The highest BCUT2D eigenvalue weighted by atomic mass is 16.5. The summed E-state index contributed by atoms with van der Waals surface area (Å²) in [5.41, 5.74) is 1.80. The Hall–Kier alpha value is -2.67. The Bertz CT molecular complexity index is 716. The van der Waals surface area contributed by atoms with Crippen molar-refractivity contribution in [1.29, 1.82) is 0 Å². The van der Waals surface area contributed by atoms with Crippen molar-refractivity contribution >= 4 is 23.4 Å². The number of carbonyl (C=O) groups is 1. The molecule has 0 spiro atoms. The van der Waals surface area contributed by atoms with Crippen molar-refractivity contribution in [2.24, 2.45) is 0 Å². The molecule has 1 N–H and O–H groups in total. The van der Waals surface area contributed by atoms with E-state index in [0.29, 0.717) is 19.0 Å². The summed E-state index contributed by atoms with van der Waals surface area (Å²) in [6.07, 6.45) is 1.48. The Morgan fingerprint density at radius 3 is 2.75 bits per heavy atom. The van der Waals surface area contributed by atoms with Gasteiger partial charge in [0, 0.05) is 31.9 Å². The third-order valence-corrected chi connectivity index (χ3v) is 4.01. The molecular weight excluding hydrogens is 306 g/mol. The number of nitrogens with one attached hydrogen (secondary N) is 1. The van der Waals surface area contributed by atoms with Crippen LogP contribution in [0.25, 0.3) is 0 Å². The summed E-state index contributed by atoms with van der Waals surface area (Å²) >= 11 is 0.